The largest absolute Gasteiger partial charge is 0.454 e. The van der Waals surface area contributed by atoms with Gasteiger partial charge in [0.2, 0.25) is 22.7 Å². The fourth-order valence-electron chi connectivity index (χ4n) is 3.46. The second kappa shape index (κ2) is 8.49. The Morgan fingerprint density at radius 2 is 1.77 bits per heavy atom. The van der Waals surface area contributed by atoms with Crippen molar-refractivity contribution in [3.05, 3.63) is 54.1 Å². The van der Waals surface area contributed by atoms with Crippen LogP contribution in [0.2, 0.25) is 0 Å². The molecule has 2 heterocycles. The lowest BCUT2D eigenvalue weighted by Crippen LogP contribution is -2.37. The Morgan fingerprint density at radius 1 is 1.07 bits per heavy atom. The number of benzene rings is 2. The summed E-state index contributed by atoms with van der Waals surface area (Å²) in [5.74, 6) is 1.58. The predicted molar refractivity (Wildman–Crippen MR) is 114 cm³/mol. The van der Waals surface area contributed by atoms with Gasteiger partial charge in [-0.15, -0.1) is 0 Å². The van der Waals surface area contributed by atoms with Crippen LogP contribution in [0.3, 0.4) is 0 Å². The third-order valence-corrected chi connectivity index (χ3v) is 7.24. The summed E-state index contributed by atoms with van der Waals surface area (Å²) >= 11 is 0. The summed E-state index contributed by atoms with van der Waals surface area (Å²) in [6.45, 7) is 3.44. The van der Waals surface area contributed by atoms with Crippen LogP contribution in [0.4, 0.5) is 5.69 Å². The molecule has 4 rings (SSSR count). The van der Waals surface area contributed by atoms with Gasteiger partial charge in [-0.2, -0.15) is 4.31 Å². The number of amides is 1. The zero-order valence-electron chi connectivity index (χ0n) is 16.7. The van der Waals surface area contributed by atoms with Gasteiger partial charge in [0.1, 0.15) is 0 Å². The maximum absolute atomic E-state index is 12.8. The van der Waals surface area contributed by atoms with E-state index in [-0.39, 0.29) is 17.6 Å². The van der Waals surface area contributed by atoms with Gasteiger partial charge in [0.25, 0.3) is 0 Å². The molecule has 2 aromatic rings. The maximum atomic E-state index is 12.8. The van der Waals surface area contributed by atoms with Crippen LogP contribution in [0, 0.1) is 5.92 Å². The Morgan fingerprint density at radius 3 is 2.50 bits per heavy atom. The summed E-state index contributed by atoms with van der Waals surface area (Å²) in [4.78, 5) is 12.4. The van der Waals surface area contributed by atoms with Crippen LogP contribution < -0.4 is 14.8 Å². The zero-order chi connectivity index (χ0) is 21.1. The fourth-order valence-corrected chi connectivity index (χ4v) is 4.93. The van der Waals surface area contributed by atoms with Crippen LogP contribution in [0.1, 0.15) is 25.3 Å². The van der Waals surface area contributed by atoms with Crippen LogP contribution in [0.5, 0.6) is 11.5 Å². The van der Waals surface area contributed by atoms with E-state index in [4.69, 9.17) is 9.47 Å². The van der Waals surface area contributed by atoms with Gasteiger partial charge in [-0.25, -0.2) is 8.42 Å². The lowest BCUT2D eigenvalue weighted by Gasteiger charge is -2.29. The highest BCUT2D eigenvalue weighted by atomic mass is 32.2. The Balaban J connectivity index is 1.37. The molecule has 2 aromatic carbocycles. The van der Waals surface area contributed by atoms with Gasteiger partial charge < -0.3 is 14.8 Å². The van der Waals surface area contributed by atoms with E-state index >= 15 is 0 Å². The average Bonchev–Trinajstić information content (AvgIpc) is 3.21. The lowest BCUT2D eigenvalue weighted by molar-refractivity contribution is -0.111. The zero-order valence-corrected chi connectivity index (χ0v) is 17.5. The molecule has 2 aliphatic rings. The van der Waals surface area contributed by atoms with E-state index in [0.717, 1.165) is 18.4 Å². The standard InChI is InChI=1S/C22H24N2O5S/c1-16-10-12-24(13-11-16)30(26,27)19-6-4-18(5-7-19)23-22(25)9-3-17-2-8-20-21(14-17)29-15-28-20/h2-9,14,16H,10-13,15H2,1H3,(H,23,25). The van der Waals surface area contributed by atoms with Crippen LogP contribution in [-0.4, -0.2) is 38.5 Å². The van der Waals surface area contributed by atoms with E-state index in [2.05, 4.69) is 12.2 Å². The van der Waals surface area contributed by atoms with Gasteiger partial charge in [0.05, 0.1) is 4.90 Å². The molecular weight excluding hydrogens is 404 g/mol. The van der Waals surface area contributed by atoms with E-state index in [0.29, 0.717) is 36.2 Å². The molecule has 30 heavy (non-hydrogen) atoms. The average molecular weight is 429 g/mol. The smallest absolute Gasteiger partial charge is 0.248 e. The van der Waals surface area contributed by atoms with E-state index in [9.17, 15) is 13.2 Å². The number of rotatable bonds is 5. The van der Waals surface area contributed by atoms with Crippen molar-refractivity contribution >= 4 is 27.7 Å². The Hall–Kier alpha value is -2.84. The Kier molecular flexibility index (Phi) is 5.78. The molecule has 1 saturated heterocycles. The summed E-state index contributed by atoms with van der Waals surface area (Å²) < 4.78 is 37.7. The number of carbonyl (C=O) groups excluding carboxylic acids is 1. The normalized spacial score (nSPS) is 17.4. The van der Waals surface area contributed by atoms with Crippen molar-refractivity contribution in [3.63, 3.8) is 0 Å². The quantitative estimate of drug-likeness (QED) is 0.737. The first-order valence-electron chi connectivity index (χ1n) is 9.91. The molecule has 0 aromatic heterocycles. The third-order valence-electron chi connectivity index (χ3n) is 5.33. The topological polar surface area (TPSA) is 84.9 Å². The van der Waals surface area contributed by atoms with E-state index < -0.39 is 10.0 Å². The highest BCUT2D eigenvalue weighted by Gasteiger charge is 2.27. The van der Waals surface area contributed by atoms with Crippen molar-refractivity contribution in [3.8, 4) is 11.5 Å². The molecule has 0 radical (unpaired) electrons. The maximum Gasteiger partial charge on any atom is 0.248 e. The number of hydrogen-bond acceptors (Lipinski definition) is 5. The summed E-state index contributed by atoms with van der Waals surface area (Å²) in [7, 11) is -3.50. The number of hydrogen-bond donors (Lipinski definition) is 1. The summed E-state index contributed by atoms with van der Waals surface area (Å²) in [5, 5.41) is 2.74. The van der Waals surface area contributed by atoms with Crippen LogP contribution >= 0.6 is 0 Å². The highest BCUT2D eigenvalue weighted by molar-refractivity contribution is 7.89. The second-order valence-electron chi connectivity index (χ2n) is 7.55. The Bertz CT molecular complexity index is 1060. The molecule has 1 N–H and O–H groups in total. The first-order valence-corrected chi connectivity index (χ1v) is 11.3. The molecule has 2 aliphatic heterocycles. The lowest BCUT2D eigenvalue weighted by atomic mass is 10.0. The predicted octanol–water partition coefficient (Wildman–Crippen LogP) is 3.49. The SMILES string of the molecule is CC1CCN(S(=O)(=O)c2ccc(NC(=O)C=Cc3ccc4c(c3)OCO4)cc2)CC1. The summed E-state index contributed by atoms with van der Waals surface area (Å²) in [6, 6.07) is 11.7. The second-order valence-corrected chi connectivity index (χ2v) is 9.48. The van der Waals surface area contributed by atoms with Gasteiger partial charge in [0, 0.05) is 24.9 Å². The summed E-state index contributed by atoms with van der Waals surface area (Å²) in [5.41, 5.74) is 1.34. The van der Waals surface area contributed by atoms with Gasteiger partial charge >= 0.3 is 0 Å². The van der Waals surface area contributed by atoms with Crippen LogP contribution in [0.25, 0.3) is 6.08 Å². The molecule has 0 bridgehead atoms. The summed E-state index contributed by atoms with van der Waals surface area (Å²) in [6.07, 6.45) is 4.84. The third kappa shape index (κ3) is 4.49. The van der Waals surface area contributed by atoms with Crippen molar-refractivity contribution in [1.82, 2.24) is 4.31 Å². The van der Waals surface area contributed by atoms with Crippen LogP contribution in [-0.2, 0) is 14.8 Å². The molecule has 7 nitrogen and oxygen atoms in total. The number of piperidine rings is 1. The minimum atomic E-state index is -3.50. The Labute approximate surface area is 176 Å². The van der Waals surface area contributed by atoms with Gasteiger partial charge in [-0.05, 0) is 66.8 Å². The van der Waals surface area contributed by atoms with Gasteiger partial charge in [-0.3, -0.25) is 4.79 Å². The van der Waals surface area contributed by atoms with E-state index in [1.807, 2.05) is 6.07 Å². The van der Waals surface area contributed by atoms with Gasteiger partial charge in [-0.1, -0.05) is 13.0 Å². The van der Waals surface area contributed by atoms with Crippen LogP contribution in [0.15, 0.2) is 53.4 Å². The molecule has 0 spiro atoms. The minimum Gasteiger partial charge on any atom is -0.454 e. The number of anilines is 1. The number of ether oxygens (including phenoxy) is 2. The monoisotopic (exact) mass is 428 g/mol. The van der Waals surface area contributed by atoms with Crippen molar-refractivity contribution in [1.29, 1.82) is 0 Å². The number of fused-ring (bicyclic) bond motifs is 1. The number of nitrogens with zero attached hydrogens (tertiary/aromatic N) is 1. The number of nitrogens with one attached hydrogen (secondary N) is 1. The molecule has 8 heteroatoms. The minimum absolute atomic E-state index is 0.200. The van der Waals surface area contributed by atoms with Crippen molar-refractivity contribution in [2.75, 3.05) is 25.2 Å². The fraction of sp³-hybridized carbons (Fsp3) is 0.318. The highest BCUT2D eigenvalue weighted by Crippen LogP contribution is 2.32. The molecular formula is C22H24N2O5S. The number of carbonyl (C=O) groups is 1. The first-order chi connectivity index (χ1) is 14.4. The van der Waals surface area contributed by atoms with Gasteiger partial charge in [0.15, 0.2) is 11.5 Å². The number of sulfonamides is 1. The van der Waals surface area contributed by atoms with Crippen molar-refractivity contribution in [2.24, 2.45) is 5.92 Å². The molecule has 158 valence electrons. The van der Waals surface area contributed by atoms with E-state index in [1.165, 1.54) is 22.5 Å². The molecule has 0 saturated carbocycles. The molecule has 0 unspecified atom stereocenters. The van der Waals surface area contributed by atoms with E-state index in [1.54, 1.807) is 30.3 Å². The molecule has 1 fully saturated rings. The molecule has 0 atom stereocenters. The first kappa shape index (κ1) is 20.4. The molecule has 1 amide bonds. The molecule has 0 aliphatic carbocycles. The van der Waals surface area contributed by atoms with Crippen molar-refractivity contribution in [2.45, 2.75) is 24.7 Å². The van der Waals surface area contributed by atoms with Crippen molar-refractivity contribution < 1.29 is 22.7 Å².